The Morgan fingerprint density at radius 1 is 1.43 bits per heavy atom. The summed E-state index contributed by atoms with van der Waals surface area (Å²) in [5.41, 5.74) is -0.693. The van der Waals surface area contributed by atoms with Crippen molar-refractivity contribution >= 4 is 43.9 Å². The highest BCUT2D eigenvalue weighted by atomic mass is 79.9. The van der Waals surface area contributed by atoms with E-state index in [4.69, 9.17) is 4.74 Å². The zero-order valence-electron chi connectivity index (χ0n) is 12.1. The Hall–Kier alpha value is -1.09. The first kappa shape index (κ1) is 18.0. The lowest BCUT2D eigenvalue weighted by molar-refractivity contribution is -0.139. The lowest BCUT2D eigenvalue weighted by Gasteiger charge is -2.22. The molecule has 1 rings (SSSR count). The molecule has 0 aliphatic heterocycles. The predicted octanol–water partition coefficient (Wildman–Crippen LogP) is 2.69. The maximum Gasteiger partial charge on any atom is 0.408 e. The van der Waals surface area contributed by atoms with Crippen LogP contribution >= 0.6 is 31.9 Å². The number of hydrogen-bond acceptors (Lipinski definition) is 4. The van der Waals surface area contributed by atoms with Crippen LogP contribution in [0.2, 0.25) is 0 Å². The van der Waals surface area contributed by atoms with E-state index in [2.05, 4.69) is 42.2 Å². The number of aromatic nitrogens is 2. The molecule has 0 bridgehead atoms. The molecule has 1 unspecified atom stereocenters. The van der Waals surface area contributed by atoms with Crippen molar-refractivity contribution < 1.29 is 19.4 Å². The summed E-state index contributed by atoms with van der Waals surface area (Å²) in [6.45, 7) is 6.88. The molecular formula is C12H17Br2N3O4. The van der Waals surface area contributed by atoms with Gasteiger partial charge in [0.15, 0.2) is 0 Å². The summed E-state index contributed by atoms with van der Waals surface area (Å²) in [7, 11) is 0. The van der Waals surface area contributed by atoms with E-state index in [9.17, 15) is 14.7 Å². The van der Waals surface area contributed by atoms with Crippen LogP contribution in [-0.4, -0.2) is 38.4 Å². The predicted molar refractivity (Wildman–Crippen MR) is 83.2 cm³/mol. The second-order valence-electron chi connectivity index (χ2n) is 5.39. The van der Waals surface area contributed by atoms with E-state index in [1.807, 2.05) is 0 Å². The van der Waals surface area contributed by atoms with Gasteiger partial charge in [0.1, 0.15) is 26.7 Å². The fraction of sp³-hybridized carbons (Fsp3) is 0.583. The molecule has 0 saturated heterocycles. The number of ether oxygens (including phenoxy) is 1. The molecule has 7 nitrogen and oxygen atoms in total. The van der Waals surface area contributed by atoms with Crippen molar-refractivity contribution in [3.8, 4) is 0 Å². The average Bonchev–Trinajstić information content (AvgIpc) is 2.52. The van der Waals surface area contributed by atoms with Crippen molar-refractivity contribution in [1.29, 1.82) is 0 Å². The normalized spacial score (nSPS) is 12.9. The van der Waals surface area contributed by atoms with Gasteiger partial charge >= 0.3 is 12.1 Å². The third-order valence-electron chi connectivity index (χ3n) is 2.41. The van der Waals surface area contributed by atoms with E-state index in [1.165, 1.54) is 0 Å². The number of nitrogens with zero attached hydrogens (tertiary/aromatic N) is 2. The van der Waals surface area contributed by atoms with Crippen LogP contribution in [0.15, 0.2) is 9.21 Å². The van der Waals surface area contributed by atoms with Crippen molar-refractivity contribution in [2.45, 2.75) is 45.9 Å². The second-order valence-corrected chi connectivity index (χ2v) is 6.89. The summed E-state index contributed by atoms with van der Waals surface area (Å²) >= 11 is 6.56. The maximum atomic E-state index is 11.7. The van der Waals surface area contributed by atoms with Crippen LogP contribution in [0.3, 0.4) is 0 Å². The monoisotopic (exact) mass is 425 g/mol. The molecule has 2 N–H and O–H groups in total. The molecule has 0 aromatic carbocycles. The number of hydrogen-bond donors (Lipinski definition) is 2. The van der Waals surface area contributed by atoms with Gasteiger partial charge in [0.2, 0.25) is 0 Å². The van der Waals surface area contributed by atoms with Gasteiger partial charge in [-0.1, -0.05) is 0 Å². The lowest BCUT2D eigenvalue weighted by atomic mass is 10.2. The number of rotatable bonds is 4. The number of halogens is 2. The molecule has 0 saturated carbocycles. The van der Waals surface area contributed by atoms with Crippen LogP contribution in [-0.2, 0) is 16.1 Å². The number of carboxylic acid groups (broad SMARTS) is 1. The minimum absolute atomic E-state index is 0.0274. The van der Waals surface area contributed by atoms with Gasteiger partial charge in [-0.15, -0.1) is 0 Å². The molecule has 9 heteroatoms. The minimum Gasteiger partial charge on any atom is -0.480 e. The number of aliphatic carboxylic acids is 1. The van der Waals surface area contributed by atoms with Crippen LogP contribution in [0, 0.1) is 6.92 Å². The zero-order valence-corrected chi connectivity index (χ0v) is 15.3. The second kappa shape index (κ2) is 6.78. The highest BCUT2D eigenvalue weighted by Gasteiger charge is 2.26. The Bertz CT molecular complexity index is 551. The Morgan fingerprint density at radius 2 is 2.00 bits per heavy atom. The zero-order chi connectivity index (χ0) is 16.4. The largest absolute Gasteiger partial charge is 0.480 e. The maximum absolute atomic E-state index is 11.7. The van der Waals surface area contributed by atoms with Gasteiger partial charge in [0.05, 0.1) is 6.54 Å². The van der Waals surface area contributed by atoms with Crippen molar-refractivity contribution in [3.63, 3.8) is 0 Å². The molecule has 1 atom stereocenters. The van der Waals surface area contributed by atoms with Crippen molar-refractivity contribution in [2.75, 3.05) is 0 Å². The van der Waals surface area contributed by atoms with E-state index in [1.54, 1.807) is 32.3 Å². The highest BCUT2D eigenvalue weighted by Crippen LogP contribution is 2.23. The summed E-state index contributed by atoms with van der Waals surface area (Å²) < 4.78 is 7.88. The number of amides is 1. The van der Waals surface area contributed by atoms with Crippen molar-refractivity contribution in [3.05, 3.63) is 15.0 Å². The first-order chi connectivity index (χ1) is 9.51. The number of aryl methyl sites for hydroxylation is 1. The summed E-state index contributed by atoms with van der Waals surface area (Å²) in [5, 5.41) is 11.6. The van der Waals surface area contributed by atoms with Gasteiger partial charge < -0.3 is 19.7 Å². The van der Waals surface area contributed by atoms with Gasteiger partial charge in [-0.2, -0.15) is 0 Å². The number of imidazole rings is 1. The minimum atomic E-state index is -1.16. The lowest BCUT2D eigenvalue weighted by Crippen LogP contribution is -2.45. The topological polar surface area (TPSA) is 93.5 Å². The van der Waals surface area contributed by atoms with Gasteiger partial charge in [-0.3, -0.25) is 0 Å². The number of carbonyl (C=O) groups excluding carboxylic acids is 1. The number of carboxylic acids is 1. The molecule has 0 spiro atoms. The van der Waals surface area contributed by atoms with Crippen LogP contribution in [0.4, 0.5) is 4.79 Å². The van der Waals surface area contributed by atoms with Gasteiger partial charge in [-0.05, 0) is 59.6 Å². The van der Waals surface area contributed by atoms with Gasteiger partial charge in [0, 0.05) is 0 Å². The first-order valence-electron chi connectivity index (χ1n) is 6.11. The van der Waals surface area contributed by atoms with Gasteiger partial charge in [-0.25, -0.2) is 14.6 Å². The summed E-state index contributed by atoms with van der Waals surface area (Å²) in [4.78, 5) is 27.2. The van der Waals surface area contributed by atoms with Crippen LogP contribution < -0.4 is 5.32 Å². The molecule has 118 valence electrons. The van der Waals surface area contributed by atoms with Crippen LogP contribution in [0.1, 0.15) is 26.6 Å². The van der Waals surface area contributed by atoms with E-state index < -0.39 is 23.7 Å². The summed E-state index contributed by atoms with van der Waals surface area (Å²) in [5.74, 6) is -0.539. The fourth-order valence-electron chi connectivity index (χ4n) is 1.53. The molecule has 21 heavy (non-hydrogen) atoms. The van der Waals surface area contributed by atoms with E-state index in [0.717, 1.165) is 0 Å². The average molecular weight is 427 g/mol. The fourth-order valence-corrected chi connectivity index (χ4v) is 2.49. The van der Waals surface area contributed by atoms with Gasteiger partial charge in [0.25, 0.3) is 0 Å². The summed E-state index contributed by atoms with van der Waals surface area (Å²) in [6, 6.07) is -1.13. The number of alkyl carbamates (subject to hydrolysis) is 1. The molecular weight excluding hydrogens is 410 g/mol. The Balaban J connectivity index is 2.84. The van der Waals surface area contributed by atoms with Crippen molar-refractivity contribution in [2.24, 2.45) is 0 Å². The quantitative estimate of drug-likeness (QED) is 0.771. The van der Waals surface area contributed by atoms with E-state index in [0.29, 0.717) is 15.0 Å². The van der Waals surface area contributed by atoms with Crippen LogP contribution in [0.25, 0.3) is 0 Å². The number of nitrogens with one attached hydrogen (secondary N) is 1. The highest BCUT2D eigenvalue weighted by molar-refractivity contribution is 9.13. The molecule has 1 aromatic rings. The SMILES string of the molecule is Cc1nc(Br)c(Br)n1CC(NC(=O)OC(C)(C)C)C(=O)O. The first-order valence-corrected chi connectivity index (χ1v) is 7.70. The van der Waals surface area contributed by atoms with Crippen molar-refractivity contribution in [1.82, 2.24) is 14.9 Å². The van der Waals surface area contributed by atoms with Crippen LogP contribution in [0.5, 0.6) is 0 Å². The molecule has 1 heterocycles. The number of carbonyl (C=O) groups is 2. The molecule has 0 radical (unpaired) electrons. The smallest absolute Gasteiger partial charge is 0.408 e. The molecule has 1 amide bonds. The third-order valence-corrected chi connectivity index (χ3v) is 4.30. The molecule has 1 aromatic heterocycles. The molecule has 0 aliphatic rings. The molecule has 0 aliphatic carbocycles. The third kappa shape index (κ3) is 5.31. The Labute approximate surface area is 139 Å². The summed E-state index contributed by atoms with van der Waals surface area (Å²) in [6.07, 6.45) is -0.775. The Morgan fingerprint density at radius 3 is 2.38 bits per heavy atom. The van der Waals surface area contributed by atoms with E-state index >= 15 is 0 Å². The standard InChI is InChI=1S/C12H17Br2N3O4/c1-6-15-8(13)9(14)17(6)5-7(10(18)19)16-11(20)21-12(2,3)4/h7H,5H2,1-4H3,(H,16,20)(H,18,19). The van der Waals surface area contributed by atoms with E-state index in [-0.39, 0.29) is 6.54 Å². The Kier molecular flexibility index (Phi) is 5.80. The molecule has 0 fully saturated rings.